The zero-order valence-corrected chi connectivity index (χ0v) is 22.6. The van der Waals surface area contributed by atoms with Crippen LogP contribution >= 0.6 is 0 Å². The van der Waals surface area contributed by atoms with E-state index in [2.05, 4.69) is 20.7 Å². The van der Waals surface area contributed by atoms with Crippen molar-refractivity contribution in [1.29, 1.82) is 0 Å². The van der Waals surface area contributed by atoms with E-state index in [1.807, 2.05) is 71.3 Å². The van der Waals surface area contributed by atoms with Gasteiger partial charge in [0.25, 0.3) is 5.91 Å². The quantitative estimate of drug-likeness (QED) is 0.317. The topological polar surface area (TPSA) is 124 Å². The molecule has 0 fully saturated rings. The Kier molecular flexibility index (Phi) is 8.40. The molecule has 0 bridgehead atoms. The van der Waals surface area contributed by atoms with Crippen LogP contribution in [0.25, 0.3) is 10.9 Å². The molecular weight excluding hydrogens is 475 g/mol. The van der Waals surface area contributed by atoms with E-state index in [9.17, 15) is 9.59 Å². The van der Waals surface area contributed by atoms with E-state index in [1.54, 1.807) is 6.20 Å². The van der Waals surface area contributed by atoms with Crippen molar-refractivity contribution in [2.75, 3.05) is 10.6 Å². The van der Waals surface area contributed by atoms with Crippen LogP contribution in [0.1, 0.15) is 65.2 Å². The second-order valence-electron chi connectivity index (χ2n) is 10.6. The van der Waals surface area contributed by atoms with E-state index in [4.69, 9.17) is 10.5 Å². The number of rotatable bonds is 10. The third-order valence-electron chi connectivity index (χ3n) is 5.99. The first-order chi connectivity index (χ1) is 17.3. The Morgan fingerprint density at radius 3 is 2.46 bits per heavy atom. The highest BCUT2D eigenvalue weighted by atomic mass is 19.1. The van der Waals surface area contributed by atoms with Gasteiger partial charge in [0.15, 0.2) is 11.6 Å². The third kappa shape index (κ3) is 6.96. The van der Waals surface area contributed by atoms with Gasteiger partial charge in [0, 0.05) is 23.7 Å². The summed E-state index contributed by atoms with van der Waals surface area (Å²) < 4.78 is 22.4. The molecule has 0 aliphatic rings. The number of nitrogens with zero attached hydrogens (tertiary/aromatic N) is 3. The van der Waals surface area contributed by atoms with Crippen molar-refractivity contribution in [1.82, 2.24) is 14.8 Å². The Balaban J connectivity index is 1.91. The van der Waals surface area contributed by atoms with Crippen molar-refractivity contribution in [2.45, 2.75) is 73.1 Å². The largest absolute Gasteiger partial charge is 0.460 e. The molecule has 2 aromatic heterocycles. The van der Waals surface area contributed by atoms with Crippen LogP contribution in [0.3, 0.4) is 0 Å². The van der Waals surface area contributed by atoms with Crippen molar-refractivity contribution in [3.63, 3.8) is 0 Å². The van der Waals surface area contributed by atoms with Gasteiger partial charge in [-0.2, -0.15) is 5.10 Å². The zero-order chi connectivity index (χ0) is 27.5. The van der Waals surface area contributed by atoms with Gasteiger partial charge in [-0.15, -0.1) is 0 Å². The molecule has 200 valence electrons. The van der Waals surface area contributed by atoms with E-state index in [0.717, 1.165) is 17.0 Å². The number of aromatic nitrogens is 3. The molecule has 4 N–H and O–H groups in total. The number of halogens is 1. The maximum absolute atomic E-state index is 15.1. The van der Waals surface area contributed by atoms with E-state index in [1.165, 1.54) is 0 Å². The number of carbonyl (C=O) groups excluding carboxylic acids is 2. The lowest BCUT2D eigenvalue weighted by Crippen LogP contribution is -2.36. The average molecular weight is 513 g/mol. The van der Waals surface area contributed by atoms with Crippen LogP contribution in [0, 0.1) is 17.7 Å². The van der Waals surface area contributed by atoms with Crippen molar-refractivity contribution < 1.29 is 18.7 Å². The van der Waals surface area contributed by atoms with E-state index in [0.29, 0.717) is 12.2 Å². The minimum Gasteiger partial charge on any atom is -0.460 e. The van der Waals surface area contributed by atoms with Crippen LogP contribution in [0.2, 0.25) is 0 Å². The average Bonchev–Trinajstić information content (AvgIpc) is 3.19. The van der Waals surface area contributed by atoms with Crippen LogP contribution < -0.4 is 16.4 Å². The summed E-state index contributed by atoms with van der Waals surface area (Å²) in [5, 5.41) is 11.6. The third-order valence-corrected chi connectivity index (χ3v) is 5.99. The van der Waals surface area contributed by atoms with Gasteiger partial charge >= 0.3 is 5.97 Å². The van der Waals surface area contributed by atoms with E-state index < -0.39 is 17.3 Å². The van der Waals surface area contributed by atoms with Crippen LogP contribution in [0.5, 0.6) is 0 Å². The maximum Gasteiger partial charge on any atom is 0.306 e. The van der Waals surface area contributed by atoms with Crippen molar-refractivity contribution >= 4 is 40.1 Å². The van der Waals surface area contributed by atoms with Crippen molar-refractivity contribution in [2.24, 2.45) is 17.6 Å². The number of primary amides is 1. The molecule has 0 aliphatic carbocycles. The predicted molar refractivity (Wildman–Crippen MR) is 143 cm³/mol. The lowest BCUT2D eigenvalue weighted by atomic mass is 9.89. The number of nitrogens with one attached hydrogen (secondary N) is 2. The number of nitrogens with two attached hydrogens (primary N) is 1. The highest BCUT2D eigenvalue weighted by molar-refractivity contribution is 5.99. The Labute approximate surface area is 217 Å². The summed E-state index contributed by atoms with van der Waals surface area (Å²) in [6.07, 6.45) is 1.93. The standard InChI is InChI=1S/C27H37FN6O3/c1-8-34-21-12-18(10-9-17(21)14-30-34)31-25-19(24(29)36)13-20(28)26(33-25)32-23(15(2)3)16(4)11-22(35)37-27(5,6)7/h9-10,12-16,23H,8,11H2,1-7H3,(H2,29,36)(H2,31,32,33)/t16-,23-/m1/s1. The number of hydrogen-bond donors (Lipinski definition) is 3. The fourth-order valence-electron chi connectivity index (χ4n) is 4.31. The van der Waals surface area contributed by atoms with Crippen LogP contribution in [-0.2, 0) is 16.1 Å². The SMILES string of the molecule is CCn1ncc2ccc(Nc3nc(N[C@H](C(C)C)[C@H](C)CC(=O)OC(C)(C)C)c(F)cc3C(N)=O)cc21. The number of amides is 1. The molecule has 0 spiro atoms. The Morgan fingerprint density at radius 2 is 1.86 bits per heavy atom. The van der Waals surface area contributed by atoms with E-state index in [-0.39, 0.29) is 47.5 Å². The molecule has 0 radical (unpaired) electrons. The van der Waals surface area contributed by atoms with Gasteiger partial charge < -0.3 is 21.1 Å². The molecule has 3 aromatic rings. The first-order valence-electron chi connectivity index (χ1n) is 12.5. The number of aryl methyl sites for hydroxylation is 1. The first-order valence-corrected chi connectivity index (χ1v) is 12.5. The monoisotopic (exact) mass is 512 g/mol. The summed E-state index contributed by atoms with van der Waals surface area (Å²) in [4.78, 5) is 28.9. The van der Waals surface area contributed by atoms with Gasteiger partial charge in [0.2, 0.25) is 0 Å². The normalized spacial score (nSPS) is 13.4. The Bertz CT molecular complexity index is 1280. The van der Waals surface area contributed by atoms with Crippen LogP contribution in [-0.4, -0.2) is 38.3 Å². The molecule has 1 aromatic carbocycles. The molecular formula is C27H37FN6O3. The molecule has 9 nitrogen and oxygen atoms in total. The summed E-state index contributed by atoms with van der Waals surface area (Å²) in [5.41, 5.74) is 6.43. The van der Waals surface area contributed by atoms with Gasteiger partial charge in [-0.25, -0.2) is 9.37 Å². The number of esters is 1. The van der Waals surface area contributed by atoms with Gasteiger partial charge in [0.05, 0.1) is 23.7 Å². The van der Waals surface area contributed by atoms with Gasteiger partial charge in [-0.3, -0.25) is 14.3 Å². The molecule has 3 rings (SSSR count). The fraction of sp³-hybridized carbons (Fsp3) is 0.481. The van der Waals surface area contributed by atoms with Gasteiger partial charge in [0.1, 0.15) is 11.4 Å². The predicted octanol–water partition coefficient (Wildman–Crippen LogP) is 5.24. The molecule has 0 aliphatic heterocycles. The fourth-order valence-corrected chi connectivity index (χ4v) is 4.31. The smallest absolute Gasteiger partial charge is 0.306 e. The molecule has 37 heavy (non-hydrogen) atoms. The summed E-state index contributed by atoms with van der Waals surface area (Å²) in [6.45, 7) is 14.0. The molecule has 2 atom stereocenters. The van der Waals surface area contributed by atoms with E-state index >= 15 is 4.39 Å². The number of carbonyl (C=O) groups is 2. The highest BCUT2D eigenvalue weighted by Gasteiger charge is 2.28. The van der Waals surface area contributed by atoms with Crippen LogP contribution in [0.15, 0.2) is 30.5 Å². The zero-order valence-electron chi connectivity index (χ0n) is 22.6. The van der Waals surface area contributed by atoms with Crippen molar-refractivity contribution in [3.8, 4) is 0 Å². The Hall–Kier alpha value is -3.69. The summed E-state index contributed by atoms with van der Waals surface area (Å²) in [7, 11) is 0. The molecule has 0 saturated heterocycles. The second-order valence-corrected chi connectivity index (χ2v) is 10.6. The lowest BCUT2D eigenvalue weighted by Gasteiger charge is -2.30. The molecule has 2 heterocycles. The van der Waals surface area contributed by atoms with Crippen LogP contribution in [0.4, 0.5) is 21.7 Å². The maximum atomic E-state index is 15.1. The second kappa shape index (κ2) is 11.1. The number of fused-ring (bicyclic) bond motifs is 1. The number of pyridine rings is 1. The summed E-state index contributed by atoms with van der Waals surface area (Å²) in [5.74, 6) is -1.90. The van der Waals surface area contributed by atoms with Gasteiger partial charge in [-0.1, -0.05) is 20.8 Å². The lowest BCUT2D eigenvalue weighted by molar-refractivity contribution is -0.156. The molecule has 0 saturated carbocycles. The number of hydrogen-bond acceptors (Lipinski definition) is 7. The number of anilines is 3. The molecule has 0 unspecified atom stereocenters. The number of ether oxygens (including phenoxy) is 1. The minimum absolute atomic E-state index is 0.0399. The van der Waals surface area contributed by atoms with Gasteiger partial charge in [-0.05, 0) is 63.8 Å². The summed E-state index contributed by atoms with van der Waals surface area (Å²) >= 11 is 0. The number of benzene rings is 1. The Morgan fingerprint density at radius 1 is 1.16 bits per heavy atom. The summed E-state index contributed by atoms with van der Waals surface area (Å²) in [6, 6.07) is 6.39. The minimum atomic E-state index is -0.807. The first kappa shape index (κ1) is 27.9. The molecule has 1 amide bonds. The highest BCUT2D eigenvalue weighted by Crippen LogP contribution is 2.29. The van der Waals surface area contributed by atoms with Crippen molar-refractivity contribution in [3.05, 3.63) is 41.8 Å². The molecule has 10 heteroatoms.